The number of nitrogens with zero attached hydrogens (tertiary/aromatic N) is 5. The van der Waals surface area contributed by atoms with Crippen LogP contribution in [0.1, 0.15) is 33.1 Å². The first-order valence-electron chi connectivity index (χ1n) is 10.5. The Labute approximate surface area is 187 Å². The summed E-state index contributed by atoms with van der Waals surface area (Å²) in [5, 5.41) is 3.68. The van der Waals surface area contributed by atoms with Gasteiger partial charge in [0, 0.05) is 52.0 Å². The zero-order valence-corrected chi connectivity index (χ0v) is 20.0. The number of hydrogen-bond acceptors (Lipinski definition) is 4. The molecule has 3 rings (SSSR count). The average Bonchev–Trinajstić information content (AvgIpc) is 3.23. The molecule has 3 heterocycles. The van der Waals surface area contributed by atoms with E-state index in [1.165, 1.54) is 32.4 Å². The number of hydrogen-bond donors (Lipinski definition) is 1. The van der Waals surface area contributed by atoms with Crippen LogP contribution in [0.3, 0.4) is 0 Å². The number of aliphatic imine (C=N–C) groups is 1. The third kappa shape index (κ3) is 6.47. The normalized spacial score (nSPS) is 19.6. The van der Waals surface area contributed by atoms with Crippen molar-refractivity contribution < 1.29 is 0 Å². The first kappa shape index (κ1) is 23.2. The van der Waals surface area contributed by atoms with E-state index in [1.54, 1.807) is 0 Å². The maximum Gasteiger partial charge on any atom is 0.193 e. The highest BCUT2D eigenvalue weighted by Gasteiger charge is 2.25. The second-order valence-electron chi connectivity index (χ2n) is 8.12. The number of aromatic nitrogens is 1. The first-order chi connectivity index (χ1) is 13.2. The molecule has 1 unspecified atom stereocenters. The first-order valence-corrected chi connectivity index (χ1v) is 10.5. The van der Waals surface area contributed by atoms with Crippen LogP contribution in [-0.4, -0.2) is 79.6 Å². The zero-order chi connectivity index (χ0) is 19.1. The molecule has 2 fully saturated rings. The summed E-state index contributed by atoms with van der Waals surface area (Å²) in [4.78, 5) is 16.5. The molecule has 2 aliphatic heterocycles. The minimum atomic E-state index is 0. The third-order valence-electron chi connectivity index (χ3n) is 5.66. The summed E-state index contributed by atoms with van der Waals surface area (Å²) in [6.07, 6.45) is 5.81. The minimum absolute atomic E-state index is 0. The van der Waals surface area contributed by atoms with Crippen LogP contribution in [0.5, 0.6) is 0 Å². The monoisotopic (exact) mass is 500 g/mol. The Bertz CT molecular complexity index is 580. The van der Waals surface area contributed by atoms with Crippen LogP contribution < -0.4 is 10.2 Å². The maximum atomic E-state index is 4.57. The van der Waals surface area contributed by atoms with Gasteiger partial charge in [0.15, 0.2) is 5.96 Å². The molecule has 1 aromatic rings. The number of nitrogens with one attached hydrogen (secondary N) is 1. The largest absolute Gasteiger partial charge is 0.355 e. The van der Waals surface area contributed by atoms with Crippen molar-refractivity contribution >= 4 is 35.8 Å². The van der Waals surface area contributed by atoms with Crippen LogP contribution in [-0.2, 0) is 0 Å². The molecule has 6 nitrogen and oxygen atoms in total. The van der Waals surface area contributed by atoms with E-state index in [1.807, 2.05) is 19.3 Å². The van der Waals surface area contributed by atoms with Crippen molar-refractivity contribution in [1.82, 2.24) is 20.1 Å². The number of rotatable bonds is 6. The van der Waals surface area contributed by atoms with Crippen molar-refractivity contribution in [3.8, 4) is 0 Å². The molecule has 0 aromatic carbocycles. The number of piperazine rings is 1. The van der Waals surface area contributed by atoms with E-state index in [4.69, 9.17) is 0 Å². The molecule has 1 aromatic heterocycles. The second kappa shape index (κ2) is 11.8. The standard InChI is InChI=1S/C21H36N6.HI/c1-18(2)16-19(25-10-6-7-11-25)17-24-21(22-3)27-14-12-26(13-15-27)20-8-4-5-9-23-20;/h4-5,8-9,18-19H,6-7,10-17H2,1-3H3,(H,22,24);1H. The van der Waals surface area contributed by atoms with Crippen molar-refractivity contribution in [3.05, 3.63) is 24.4 Å². The molecule has 7 heteroatoms. The van der Waals surface area contributed by atoms with Gasteiger partial charge in [0.1, 0.15) is 5.82 Å². The van der Waals surface area contributed by atoms with Gasteiger partial charge in [-0.2, -0.15) is 0 Å². The lowest BCUT2D eigenvalue weighted by atomic mass is 10.0. The Hall–Kier alpha value is -1.09. The molecule has 2 saturated heterocycles. The maximum absolute atomic E-state index is 4.57. The van der Waals surface area contributed by atoms with Gasteiger partial charge >= 0.3 is 0 Å². The SMILES string of the molecule is CN=C(NCC(CC(C)C)N1CCCC1)N1CCN(c2ccccn2)CC1.I. The lowest BCUT2D eigenvalue weighted by molar-refractivity contribution is 0.211. The summed E-state index contributed by atoms with van der Waals surface area (Å²) in [6.45, 7) is 12.1. The van der Waals surface area contributed by atoms with Crippen LogP contribution in [0, 0.1) is 5.92 Å². The van der Waals surface area contributed by atoms with E-state index >= 15 is 0 Å². The highest BCUT2D eigenvalue weighted by atomic mass is 127. The average molecular weight is 500 g/mol. The molecule has 0 saturated carbocycles. The molecule has 158 valence electrons. The number of likely N-dealkylation sites (tertiary alicyclic amines) is 1. The van der Waals surface area contributed by atoms with Gasteiger partial charge in [-0.3, -0.25) is 9.89 Å². The number of anilines is 1. The van der Waals surface area contributed by atoms with Gasteiger partial charge in [-0.15, -0.1) is 24.0 Å². The molecule has 0 aliphatic carbocycles. The van der Waals surface area contributed by atoms with Crippen LogP contribution in [0.25, 0.3) is 0 Å². The minimum Gasteiger partial charge on any atom is -0.355 e. The third-order valence-corrected chi connectivity index (χ3v) is 5.66. The molecular weight excluding hydrogens is 463 g/mol. The number of halogens is 1. The molecule has 0 spiro atoms. The van der Waals surface area contributed by atoms with Gasteiger partial charge in [0.2, 0.25) is 0 Å². The van der Waals surface area contributed by atoms with E-state index in [2.05, 4.69) is 56.0 Å². The lowest BCUT2D eigenvalue weighted by Gasteiger charge is -2.38. The van der Waals surface area contributed by atoms with Crippen molar-refractivity contribution in [2.75, 3.05) is 57.8 Å². The quantitative estimate of drug-likeness (QED) is 0.370. The molecule has 0 bridgehead atoms. The van der Waals surface area contributed by atoms with E-state index in [0.29, 0.717) is 6.04 Å². The van der Waals surface area contributed by atoms with Crippen molar-refractivity contribution in [3.63, 3.8) is 0 Å². The fourth-order valence-corrected chi connectivity index (χ4v) is 4.24. The van der Waals surface area contributed by atoms with Gasteiger partial charge < -0.3 is 15.1 Å². The highest BCUT2D eigenvalue weighted by Crippen LogP contribution is 2.18. The summed E-state index contributed by atoms with van der Waals surface area (Å²) in [6, 6.07) is 6.73. The molecule has 2 aliphatic rings. The van der Waals surface area contributed by atoms with Crippen molar-refractivity contribution in [2.24, 2.45) is 10.9 Å². The van der Waals surface area contributed by atoms with E-state index in [-0.39, 0.29) is 24.0 Å². The lowest BCUT2D eigenvalue weighted by Crippen LogP contribution is -2.54. The zero-order valence-electron chi connectivity index (χ0n) is 17.7. The van der Waals surface area contributed by atoms with Gasteiger partial charge in [-0.05, 0) is 50.4 Å². The van der Waals surface area contributed by atoms with Crippen LogP contribution in [0.15, 0.2) is 29.4 Å². The summed E-state index contributed by atoms with van der Waals surface area (Å²) in [5.41, 5.74) is 0. The summed E-state index contributed by atoms with van der Waals surface area (Å²) in [5.74, 6) is 2.84. The van der Waals surface area contributed by atoms with E-state index in [9.17, 15) is 0 Å². The molecule has 0 amide bonds. The van der Waals surface area contributed by atoms with E-state index < -0.39 is 0 Å². The Morgan fingerprint density at radius 2 is 1.82 bits per heavy atom. The Kier molecular flexibility index (Phi) is 9.77. The van der Waals surface area contributed by atoms with Gasteiger partial charge in [-0.1, -0.05) is 19.9 Å². The highest BCUT2D eigenvalue weighted by molar-refractivity contribution is 14.0. The van der Waals surface area contributed by atoms with Crippen LogP contribution >= 0.6 is 24.0 Å². The molecule has 1 N–H and O–H groups in total. The number of guanidine groups is 1. The Morgan fingerprint density at radius 1 is 1.11 bits per heavy atom. The van der Waals surface area contributed by atoms with Gasteiger partial charge in [0.25, 0.3) is 0 Å². The fraction of sp³-hybridized carbons (Fsp3) is 0.714. The smallest absolute Gasteiger partial charge is 0.193 e. The second-order valence-corrected chi connectivity index (χ2v) is 8.12. The molecule has 28 heavy (non-hydrogen) atoms. The summed E-state index contributed by atoms with van der Waals surface area (Å²) >= 11 is 0. The topological polar surface area (TPSA) is 47.0 Å². The predicted molar refractivity (Wildman–Crippen MR) is 129 cm³/mol. The van der Waals surface area contributed by atoms with Crippen LogP contribution in [0.4, 0.5) is 5.82 Å². The molecular formula is C21H37IN6. The van der Waals surface area contributed by atoms with Crippen molar-refractivity contribution in [2.45, 2.75) is 39.2 Å². The predicted octanol–water partition coefficient (Wildman–Crippen LogP) is 2.91. The van der Waals surface area contributed by atoms with Gasteiger partial charge in [-0.25, -0.2) is 4.98 Å². The van der Waals surface area contributed by atoms with E-state index in [0.717, 1.165) is 50.4 Å². The summed E-state index contributed by atoms with van der Waals surface area (Å²) in [7, 11) is 1.90. The molecule has 0 radical (unpaired) electrons. The van der Waals surface area contributed by atoms with Crippen LogP contribution in [0.2, 0.25) is 0 Å². The fourth-order valence-electron chi connectivity index (χ4n) is 4.24. The summed E-state index contributed by atoms with van der Waals surface area (Å²) < 4.78 is 0. The molecule has 1 atom stereocenters. The van der Waals surface area contributed by atoms with Gasteiger partial charge in [0.05, 0.1) is 0 Å². The Balaban J connectivity index is 0.00000280. The van der Waals surface area contributed by atoms with Crippen molar-refractivity contribution in [1.29, 1.82) is 0 Å². The number of pyridine rings is 1. The Morgan fingerprint density at radius 3 is 2.39 bits per heavy atom.